The number of hydrogen-bond acceptors (Lipinski definition) is 3. The van der Waals surface area contributed by atoms with Crippen LogP contribution < -0.4 is 5.32 Å². The third-order valence-electron chi connectivity index (χ3n) is 5.57. The molecule has 1 aromatic carbocycles. The number of nitrogens with zero attached hydrogens (tertiary/aromatic N) is 1. The zero-order valence-electron chi connectivity index (χ0n) is 17.1. The molecule has 1 aliphatic carbocycles. The number of benzene rings is 1. The van der Waals surface area contributed by atoms with Crippen molar-refractivity contribution in [2.45, 2.75) is 65.5 Å². The number of carbonyl (C=O) groups is 2. The maximum absolute atomic E-state index is 12.8. The summed E-state index contributed by atoms with van der Waals surface area (Å²) < 4.78 is 7.22. The van der Waals surface area contributed by atoms with Crippen molar-refractivity contribution < 1.29 is 14.3 Å². The van der Waals surface area contributed by atoms with Gasteiger partial charge in [0.15, 0.2) is 0 Å². The van der Waals surface area contributed by atoms with Crippen LogP contribution in [0.15, 0.2) is 30.3 Å². The smallest absolute Gasteiger partial charge is 0.340 e. The lowest BCUT2D eigenvalue weighted by Crippen LogP contribution is -2.38. The minimum atomic E-state index is -0.332. The summed E-state index contributed by atoms with van der Waals surface area (Å²) in [6.07, 6.45) is 5.71. The van der Waals surface area contributed by atoms with E-state index in [4.69, 9.17) is 4.74 Å². The van der Waals surface area contributed by atoms with Crippen molar-refractivity contribution in [3.8, 4) is 11.3 Å². The fourth-order valence-electron chi connectivity index (χ4n) is 4.23. The molecule has 1 N–H and O–H groups in total. The molecule has 3 rings (SSSR count). The molecule has 1 aliphatic rings. The molecule has 1 heterocycles. The van der Waals surface area contributed by atoms with E-state index in [-0.39, 0.29) is 24.5 Å². The highest BCUT2D eigenvalue weighted by Gasteiger charge is 2.26. The van der Waals surface area contributed by atoms with E-state index >= 15 is 0 Å². The molecule has 28 heavy (non-hydrogen) atoms. The molecule has 1 amide bonds. The lowest BCUT2D eigenvalue weighted by atomic mass is 9.95. The molecule has 5 nitrogen and oxygen atoms in total. The molecule has 5 heteroatoms. The van der Waals surface area contributed by atoms with Gasteiger partial charge in [0, 0.05) is 11.7 Å². The Bertz CT molecular complexity index is 833. The minimum absolute atomic E-state index is 0.00223. The molecule has 0 atom stereocenters. The number of carbonyl (C=O) groups excluding carboxylic acids is 2. The van der Waals surface area contributed by atoms with E-state index in [9.17, 15) is 9.59 Å². The quantitative estimate of drug-likeness (QED) is 0.754. The van der Waals surface area contributed by atoms with Gasteiger partial charge >= 0.3 is 5.97 Å². The average molecular weight is 383 g/mol. The van der Waals surface area contributed by atoms with E-state index in [1.807, 2.05) is 48.7 Å². The van der Waals surface area contributed by atoms with Crippen LogP contribution in [0.25, 0.3) is 11.3 Å². The van der Waals surface area contributed by atoms with Gasteiger partial charge in [-0.25, -0.2) is 4.79 Å². The fraction of sp³-hybridized carbons (Fsp3) is 0.478. The van der Waals surface area contributed by atoms with Crippen LogP contribution in [0.1, 0.15) is 60.6 Å². The van der Waals surface area contributed by atoms with Crippen molar-refractivity contribution in [1.82, 2.24) is 9.88 Å². The van der Waals surface area contributed by atoms with Crippen LogP contribution in [0.5, 0.6) is 0 Å². The van der Waals surface area contributed by atoms with Crippen LogP contribution in [0.2, 0.25) is 0 Å². The van der Waals surface area contributed by atoms with Crippen LogP contribution in [0, 0.1) is 13.8 Å². The largest absolute Gasteiger partial charge is 0.462 e. The summed E-state index contributed by atoms with van der Waals surface area (Å²) in [5, 5.41) is 3.18. The lowest BCUT2D eigenvalue weighted by molar-refractivity contribution is -0.122. The molecular formula is C23H30N2O3. The van der Waals surface area contributed by atoms with Gasteiger partial charge in [-0.15, -0.1) is 0 Å². The van der Waals surface area contributed by atoms with E-state index in [0.717, 1.165) is 35.4 Å². The topological polar surface area (TPSA) is 60.3 Å². The first-order valence-electron chi connectivity index (χ1n) is 10.2. The van der Waals surface area contributed by atoms with Gasteiger partial charge in [-0.05, 0) is 44.7 Å². The number of rotatable bonds is 6. The maximum Gasteiger partial charge on any atom is 0.340 e. The van der Waals surface area contributed by atoms with Crippen LogP contribution in [-0.2, 0) is 16.1 Å². The molecular weight excluding hydrogens is 352 g/mol. The third kappa shape index (κ3) is 4.29. The van der Waals surface area contributed by atoms with Crippen LogP contribution >= 0.6 is 0 Å². The van der Waals surface area contributed by atoms with Gasteiger partial charge < -0.3 is 14.6 Å². The second-order valence-corrected chi connectivity index (χ2v) is 7.51. The molecule has 0 aliphatic heterocycles. The number of aromatic nitrogens is 1. The second-order valence-electron chi connectivity index (χ2n) is 7.51. The highest BCUT2D eigenvalue weighted by molar-refractivity contribution is 5.95. The number of esters is 1. The monoisotopic (exact) mass is 382 g/mol. The van der Waals surface area contributed by atoms with Crippen LogP contribution in [-0.4, -0.2) is 29.1 Å². The van der Waals surface area contributed by atoms with Crippen LogP contribution in [0.3, 0.4) is 0 Å². The van der Waals surface area contributed by atoms with Gasteiger partial charge in [0.2, 0.25) is 5.91 Å². The molecule has 1 saturated carbocycles. The van der Waals surface area contributed by atoms with E-state index in [1.54, 1.807) is 6.92 Å². The summed E-state index contributed by atoms with van der Waals surface area (Å²) >= 11 is 0. The highest BCUT2D eigenvalue weighted by Crippen LogP contribution is 2.31. The summed E-state index contributed by atoms with van der Waals surface area (Å²) in [5.41, 5.74) is 4.08. The predicted molar refractivity (Wildman–Crippen MR) is 110 cm³/mol. The standard InChI is InChI=1S/C23H30N2O3/c1-4-28-23(27)21-16(2)22(18-11-7-5-8-12-18)25(17(21)3)15-20(26)24-19-13-9-6-10-14-19/h5,7-8,11-12,19H,4,6,9-10,13-15H2,1-3H3,(H,24,26). The Morgan fingerprint density at radius 2 is 1.79 bits per heavy atom. The lowest BCUT2D eigenvalue weighted by Gasteiger charge is -2.23. The van der Waals surface area contributed by atoms with Crippen molar-refractivity contribution >= 4 is 11.9 Å². The molecule has 2 aromatic rings. The van der Waals surface area contributed by atoms with Crippen molar-refractivity contribution in [3.05, 3.63) is 47.2 Å². The summed E-state index contributed by atoms with van der Waals surface area (Å²) in [6.45, 7) is 6.14. The number of ether oxygens (including phenoxy) is 1. The van der Waals surface area contributed by atoms with Gasteiger partial charge in [0.05, 0.1) is 17.9 Å². The minimum Gasteiger partial charge on any atom is -0.462 e. The van der Waals surface area contributed by atoms with Gasteiger partial charge in [-0.1, -0.05) is 49.6 Å². The van der Waals surface area contributed by atoms with E-state index in [1.165, 1.54) is 19.3 Å². The first-order valence-corrected chi connectivity index (χ1v) is 10.2. The number of hydrogen-bond donors (Lipinski definition) is 1. The number of amides is 1. The normalized spacial score (nSPS) is 14.7. The molecule has 150 valence electrons. The van der Waals surface area contributed by atoms with E-state index in [0.29, 0.717) is 12.2 Å². The SMILES string of the molecule is CCOC(=O)c1c(C)c(-c2ccccc2)n(CC(=O)NC2CCCCC2)c1C. The van der Waals surface area contributed by atoms with Crippen molar-refractivity contribution in [3.63, 3.8) is 0 Å². The molecule has 0 unspecified atom stereocenters. The Kier molecular flexibility index (Phi) is 6.55. The molecule has 0 spiro atoms. The Morgan fingerprint density at radius 1 is 1.11 bits per heavy atom. The summed E-state index contributed by atoms with van der Waals surface area (Å²) in [7, 11) is 0. The first-order chi connectivity index (χ1) is 13.5. The molecule has 0 saturated heterocycles. The Hall–Kier alpha value is -2.56. The fourth-order valence-corrected chi connectivity index (χ4v) is 4.23. The zero-order chi connectivity index (χ0) is 20.1. The van der Waals surface area contributed by atoms with Gasteiger partial charge in [0.1, 0.15) is 6.54 Å². The third-order valence-corrected chi connectivity index (χ3v) is 5.57. The highest BCUT2D eigenvalue weighted by atomic mass is 16.5. The van der Waals surface area contributed by atoms with E-state index < -0.39 is 0 Å². The van der Waals surface area contributed by atoms with Gasteiger partial charge in [-0.3, -0.25) is 4.79 Å². The van der Waals surface area contributed by atoms with Crippen LogP contribution in [0.4, 0.5) is 0 Å². The van der Waals surface area contributed by atoms with Crippen molar-refractivity contribution in [2.24, 2.45) is 0 Å². The Labute approximate surface area is 167 Å². The Balaban J connectivity index is 1.94. The molecule has 0 radical (unpaired) electrons. The molecule has 1 aromatic heterocycles. The Morgan fingerprint density at radius 3 is 2.43 bits per heavy atom. The van der Waals surface area contributed by atoms with Gasteiger partial charge in [0.25, 0.3) is 0 Å². The zero-order valence-corrected chi connectivity index (χ0v) is 17.1. The molecule has 0 bridgehead atoms. The second kappa shape index (κ2) is 9.09. The summed E-state index contributed by atoms with van der Waals surface area (Å²) in [6, 6.07) is 10.2. The summed E-state index contributed by atoms with van der Waals surface area (Å²) in [5.74, 6) is -0.335. The molecule has 1 fully saturated rings. The summed E-state index contributed by atoms with van der Waals surface area (Å²) in [4.78, 5) is 25.3. The average Bonchev–Trinajstić information content (AvgIpc) is 2.93. The predicted octanol–water partition coefficient (Wildman–Crippen LogP) is 4.40. The van der Waals surface area contributed by atoms with Crippen molar-refractivity contribution in [2.75, 3.05) is 6.61 Å². The number of nitrogens with one attached hydrogen (secondary N) is 1. The maximum atomic E-state index is 12.8. The van der Waals surface area contributed by atoms with Gasteiger partial charge in [-0.2, -0.15) is 0 Å². The van der Waals surface area contributed by atoms with Crippen molar-refractivity contribution in [1.29, 1.82) is 0 Å². The first kappa shape index (κ1) is 20.2. The van der Waals surface area contributed by atoms with E-state index in [2.05, 4.69) is 5.32 Å².